The summed E-state index contributed by atoms with van der Waals surface area (Å²) >= 11 is 0. The molecule has 2 N–H and O–H groups in total. The first-order chi connectivity index (χ1) is 10.1. The van der Waals surface area contributed by atoms with Gasteiger partial charge in [-0.2, -0.15) is 5.26 Å². The molecule has 0 aliphatic heterocycles. The minimum absolute atomic E-state index is 0.140. The highest BCUT2D eigenvalue weighted by molar-refractivity contribution is 5.41. The van der Waals surface area contributed by atoms with Crippen LogP contribution in [0, 0.1) is 11.3 Å². The molecule has 0 saturated heterocycles. The standard InChI is InChI=1S/C17H18N2O2/c1-12(15-6-3-13(10-18)4-7-15)19-11-14-5-8-16(20)17(9-14)21-2/h3-9,12,19-20H,11H2,1-2H3. The van der Waals surface area contributed by atoms with Crippen molar-refractivity contribution in [1.82, 2.24) is 5.32 Å². The van der Waals surface area contributed by atoms with E-state index in [2.05, 4.69) is 18.3 Å². The van der Waals surface area contributed by atoms with Crippen LogP contribution in [0.25, 0.3) is 0 Å². The lowest BCUT2D eigenvalue weighted by Gasteiger charge is -2.15. The predicted molar refractivity (Wildman–Crippen MR) is 81.1 cm³/mol. The Kier molecular flexibility index (Phi) is 4.81. The molecule has 1 atom stereocenters. The first kappa shape index (κ1) is 14.9. The Bertz CT molecular complexity index is 645. The molecule has 0 heterocycles. The zero-order valence-electron chi connectivity index (χ0n) is 12.1. The maximum atomic E-state index is 9.57. The van der Waals surface area contributed by atoms with Crippen LogP contribution >= 0.6 is 0 Å². The second kappa shape index (κ2) is 6.78. The van der Waals surface area contributed by atoms with Crippen LogP contribution in [-0.2, 0) is 6.54 Å². The Hall–Kier alpha value is -2.51. The smallest absolute Gasteiger partial charge is 0.160 e. The molecule has 0 amide bonds. The van der Waals surface area contributed by atoms with Crippen molar-refractivity contribution < 1.29 is 9.84 Å². The molecule has 2 rings (SSSR count). The SMILES string of the molecule is COc1cc(CNC(C)c2ccc(C#N)cc2)ccc1O. The molecule has 0 aromatic heterocycles. The quantitative estimate of drug-likeness (QED) is 0.884. The molecule has 0 saturated carbocycles. The van der Waals surface area contributed by atoms with Crippen LogP contribution in [-0.4, -0.2) is 12.2 Å². The van der Waals surface area contributed by atoms with Gasteiger partial charge in [-0.1, -0.05) is 18.2 Å². The summed E-state index contributed by atoms with van der Waals surface area (Å²) in [6, 6.07) is 15.1. The molecule has 0 bridgehead atoms. The first-order valence-electron chi connectivity index (χ1n) is 6.73. The third kappa shape index (κ3) is 3.74. The lowest BCUT2D eigenvalue weighted by atomic mass is 10.1. The molecular formula is C17H18N2O2. The van der Waals surface area contributed by atoms with E-state index in [4.69, 9.17) is 10.00 Å². The largest absolute Gasteiger partial charge is 0.504 e. The fourth-order valence-electron chi connectivity index (χ4n) is 2.07. The summed E-state index contributed by atoms with van der Waals surface area (Å²) in [5.74, 6) is 0.613. The topological polar surface area (TPSA) is 65.3 Å². The number of aromatic hydroxyl groups is 1. The van der Waals surface area contributed by atoms with Gasteiger partial charge >= 0.3 is 0 Å². The molecule has 0 fully saturated rings. The Balaban J connectivity index is 2.00. The second-order valence-electron chi connectivity index (χ2n) is 4.84. The van der Waals surface area contributed by atoms with Crippen molar-refractivity contribution in [2.24, 2.45) is 0 Å². The van der Waals surface area contributed by atoms with Crippen molar-refractivity contribution in [3.63, 3.8) is 0 Å². The molecule has 4 heteroatoms. The average molecular weight is 282 g/mol. The Morgan fingerprint density at radius 2 is 1.95 bits per heavy atom. The van der Waals surface area contributed by atoms with Crippen molar-refractivity contribution in [3.05, 3.63) is 59.2 Å². The fraction of sp³-hybridized carbons (Fsp3) is 0.235. The number of nitrogens with zero attached hydrogens (tertiary/aromatic N) is 1. The number of hydrogen-bond acceptors (Lipinski definition) is 4. The maximum Gasteiger partial charge on any atom is 0.160 e. The normalized spacial score (nSPS) is 11.7. The van der Waals surface area contributed by atoms with Gasteiger partial charge in [0, 0.05) is 12.6 Å². The van der Waals surface area contributed by atoms with Crippen LogP contribution in [0.3, 0.4) is 0 Å². The van der Waals surface area contributed by atoms with Gasteiger partial charge in [0.1, 0.15) is 0 Å². The molecule has 4 nitrogen and oxygen atoms in total. The van der Waals surface area contributed by atoms with Gasteiger partial charge in [0.2, 0.25) is 0 Å². The number of phenolic OH excluding ortho intramolecular Hbond substituents is 1. The van der Waals surface area contributed by atoms with E-state index in [-0.39, 0.29) is 11.8 Å². The zero-order chi connectivity index (χ0) is 15.2. The summed E-state index contributed by atoms with van der Waals surface area (Å²) in [6.45, 7) is 2.73. The van der Waals surface area contributed by atoms with E-state index in [1.807, 2.05) is 36.4 Å². The van der Waals surface area contributed by atoms with E-state index in [1.165, 1.54) is 7.11 Å². The van der Waals surface area contributed by atoms with Crippen molar-refractivity contribution >= 4 is 0 Å². The summed E-state index contributed by atoms with van der Waals surface area (Å²) in [7, 11) is 1.53. The van der Waals surface area contributed by atoms with E-state index in [9.17, 15) is 5.11 Å². The van der Waals surface area contributed by atoms with E-state index < -0.39 is 0 Å². The van der Waals surface area contributed by atoms with Crippen molar-refractivity contribution in [2.45, 2.75) is 19.5 Å². The van der Waals surface area contributed by atoms with Gasteiger partial charge in [-0.15, -0.1) is 0 Å². The predicted octanol–water partition coefficient (Wildman–Crippen LogP) is 3.12. The van der Waals surface area contributed by atoms with Crippen LogP contribution in [0.4, 0.5) is 0 Å². The minimum atomic E-state index is 0.140. The van der Waals surface area contributed by atoms with Gasteiger partial charge < -0.3 is 15.2 Å². The summed E-state index contributed by atoms with van der Waals surface area (Å²) in [5, 5.41) is 21.8. The van der Waals surface area contributed by atoms with Gasteiger partial charge in [0.15, 0.2) is 11.5 Å². The molecule has 0 spiro atoms. The number of ether oxygens (including phenoxy) is 1. The van der Waals surface area contributed by atoms with Gasteiger partial charge in [-0.05, 0) is 42.3 Å². The summed E-state index contributed by atoms with van der Waals surface area (Å²) < 4.78 is 5.09. The Morgan fingerprint density at radius 3 is 2.57 bits per heavy atom. The zero-order valence-corrected chi connectivity index (χ0v) is 12.1. The van der Waals surface area contributed by atoms with Gasteiger partial charge in [0.05, 0.1) is 18.7 Å². The Morgan fingerprint density at radius 1 is 1.24 bits per heavy atom. The molecule has 1 unspecified atom stereocenters. The number of rotatable bonds is 5. The lowest BCUT2D eigenvalue weighted by Crippen LogP contribution is -2.18. The minimum Gasteiger partial charge on any atom is -0.504 e. The van der Waals surface area contributed by atoms with E-state index in [0.717, 1.165) is 11.1 Å². The molecule has 0 aliphatic carbocycles. The monoisotopic (exact) mass is 282 g/mol. The van der Waals surface area contributed by atoms with Gasteiger partial charge in [-0.3, -0.25) is 0 Å². The van der Waals surface area contributed by atoms with Crippen LogP contribution in [0.15, 0.2) is 42.5 Å². The van der Waals surface area contributed by atoms with Crippen molar-refractivity contribution in [2.75, 3.05) is 7.11 Å². The molecule has 2 aromatic carbocycles. The van der Waals surface area contributed by atoms with Gasteiger partial charge in [-0.25, -0.2) is 0 Å². The average Bonchev–Trinajstić information content (AvgIpc) is 2.53. The summed E-state index contributed by atoms with van der Waals surface area (Å²) in [5.41, 5.74) is 2.82. The third-order valence-electron chi connectivity index (χ3n) is 3.40. The number of nitrogens with one attached hydrogen (secondary N) is 1. The Labute approximate surface area is 124 Å². The summed E-state index contributed by atoms with van der Waals surface area (Å²) in [6.07, 6.45) is 0. The highest BCUT2D eigenvalue weighted by Gasteiger charge is 2.07. The lowest BCUT2D eigenvalue weighted by molar-refractivity contribution is 0.372. The maximum absolute atomic E-state index is 9.57. The fourth-order valence-corrected chi connectivity index (χ4v) is 2.07. The van der Waals surface area contributed by atoms with E-state index in [1.54, 1.807) is 6.07 Å². The van der Waals surface area contributed by atoms with Crippen molar-refractivity contribution in [1.29, 1.82) is 5.26 Å². The molecule has 0 radical (unpaired) electrons. The highest BCUT2D eigenvalue weighted by atomic mass is 16.5. The second-order valence-corrected chi connectivity index (χ2v) is 4.84. The molecule has 108 valence electrons. The first-order valence-corrected chi connectivity index (χ1v) is 6.73. The van der Waals surface area contributed by atoms with Crippen LogP contribution in [0.5, 0.6) is 11.5 Å². The molecule has 2 aromatic rings. The van der Waals surface area contributed by atoms with Crippen molar-refractivity contribution in [3.8, 4) is 17.6 Å². The van der Waals surface area contributed by atoms with Crippen LogP contribution < -0.4 is 10.1 Å². The third-order valence-corrected chi connectivity index (χ3v) is 3.40. The number of methoxy groups -OCH3 is 1. The van der Waals surface area contributed by atoms with Crippen LogP contribution in [0.1, 0.15) is 29.7 Å². The molecule has 21 heavy (non-hydrogen) atoms. The van der Waals surface area contributed by atoms with E-state index >= 15 is 0 Å². The summed E-state index contributed by atoms with van der Waals surface area (Å²) in [4.78, 5) is 0. The molecule has 0 aliphatic rings. The van der Waals surface area contributed by atoms with Gasteiger partial charge in [0.25, 0.3) is 0 Å². The number of phenols is 1. The van der Waals surface area contributed by atoms with E-state index in [0.29, 0.717) is 17.9 Å². The van der Waals surface area contributed by atoms with Crippen LogP contribution in [0.2, 0.25) is 0 Å². The molecular weight excluding hydrogens is 264 g/mol. The number of nitriles is 1. The number of benzene rings is 2. The highest BCUT2D eigenvalue weighted by Crippen LogP contribution is 2.26. The number of hydrogen-bond donors (Lipinski definition) is 2.